The van der Waals surface area contributed by atoms with Crippen LogP contribution in [0.5, 0.6) is 0 Å². The smallest absolute Gasteiger partial charge is 0.276 e. The van der Waals surface area contributed by atoms with Gasteiger partial charge in [0.2, 0.25) is 0 Å². The maximum absolute atomic E-state index is 12.7. The molecular formula is C19H31N3O3S. The average Bonchev–Trinajstić information content (AvgIpc) is 3.09. The number of hydrogen-bond acceptors (Lipinski definition) is 6. The Morgan fingerprint density at radius 2 is 2.12 bits per heavy atom. The third-order valence-electron chi connectivity index (χ3n) is 6.32. The van der Waals surface area contributed by atoms with Crippen molar-refractivity contribution in [3.05, 3.63) is 17.8 Å². The molecule has 3 rings (SSSR count). The first-order valence-electron chi connectivity index (χ1n) is 9.61. The van der Waals surface area contributed by atoms with E-state index in [0.29, 0.717) is 18.0 Å². The van der Waals surface area contributed by atoms with E-state index in [1.165, 1.54) is 25.1 Å². The Balaban J connectivity index is 1.59. The highest BCUT2D eigenvalue weighted by atomic mass is 32.2. The average molecular weight is 382 g/mol. The summed E-state index contributed by atoms with van der Waals surface area (Å²) in [5.74, 6) is 1.87. The van der Waals surface area contributed by atoms with E-state index in [0.717, 1.165) is 38.9 Å². The maximum Gasteiger partial charge on any atom is 0.276 e. The van der Waals surface area contributed by atoms with Gasteiger partial charge in [0.25, 0.3) is 5.91 Å². The fraction of sp³-hybridized carbons (Fsp3) is 0.789. The van der Waals surface area contributed by atoms with Crippen molar-refractivity contribution in [1.29, 1.82) is 0 Å². The van der Waals surface area contributed by atoms with E-state index in [2.05, 4.69) is 16.1 Å². The van der Waals surface area contributed by atoms with Gasteiger partial charge in [0.15, 0.2) is 12.1 Å². The molecule has 0 radical (unpaired) electrons. The number of hydrogen-bond donors (Lipinski definition) is 1. The minimum absolute atomic E-state index is 0.0703. The molecule has 1 amide bonds. The lowest BCUT2D eigenvalue weighted by Gasteiger charge is -2.51. The van der Waals surface area contributed by atoms with Crippen LogP contribution in [0.25, 0.3) is 0 Å². The van der Waals surface area contributed by atoms with Crippen molar-refractivity contribution in [3.63, 3.8) is 0 Å². The Bertz CT molecular complexity index is 599. The monoisotopic (exact) mass is 381 g/mol. The molecule has 0 unspecified atom stereocenters. The van der Waals surface area contributed by atoms with Crippen LogP contribution >= 0.6 is 11.8 Å². The highest BCUT2D eigenvalue weighted by molar-refractivity contribution is 7.98. The summed E-state index contributed by atoms with van der Waals surface area (Å²) in [5.41, 5.74) is 0.585. The minimum Gasteiger partial charge on any atom is -0.448 e. The Labute approximate surface area is 160 Å². The molecule has 2 aliphatic rings. The van der Waals surface area contributed by atoms with Crippen LogP contribution in [0.15, 0.2) is 10.8 Å². The number of aryl methyl sites for hydroxylation is 1. The Hall–Kier alpha value is -1.05. The Morgan fingerprint density at radius 3 is 2.73 bits per heavy atom. The topological polar surface area (TPSA) is 69.8 Å². The summed E-state index contributed by atoms with van der Waals surface area (Å²) in [7, 11) is 0. The molecular weight excluding hydrogens is 350 g/mol. The number of carbonyl (C=O) groups excluding carboxylic acids is 1. The van der Waals surface area contributed by atoms with Gasteiger partial charge < -0.3 is 19.3 Å². The lowest BCUT2D eigenvalue weighted by molar-refractivity contribution is -0.0352. The molecule has 1 atom stereocenters. The fourth-order valence-corrected chi connectivity index (χ4v) is 4.94. The van der Waals surface area contributed by atoms with Crippen molar-refractivity contribution in [2.75, 3.05) is 51.3 Å². The van der Waals surface area contributed by atoms with Gasteiger partial charge in [-0.2, -0.15) is 11.8 Å². The molecule has 0 aliphatic carbocycles. The highest BCUT2D eigenvalue weighted by Gasteiger charge is 2.45. The molecule has 2 aliphatic heterocycles. The first kappa shape index (κ1) is 19.7. The van der Waals surface area contributed by atoms with E-state index in [1.54, 1.807) is 6.92 Å². The minimum atomic E-state index is -0.0703. The number of amides is 1. The number of aliphatic hydroxyl groups is 1. The van der Waals surface area contributed by atoms with Gasteiger partial charge >= 0.3 is 0 Å². The second-order valence-electron chi connectivity index (χ2n) is 7.69. The molecule has 26 heavy (non-hydrogen) atoms. The van der Waals surface area contributed by atoms with Crippen LogP contribution in [0, 0.1) is 18.3 Å². The third kappa shape index (κ3) is 4.10. The van der Waals surface area contributed by atoms with Gasteiger partial charge in [-0.15, -0.1) is 0 Å². The fourth-order valence-electron chi connectivity index (χ4n) is 4.52. The van der Waals surface area contributed by atoms with Gasteiger partial charge in [0, 0.05) is 25.6 Å². The summed E-state index contributed by atoms with van der Waals surface area (Å²) in [5, 5.41) is 10.0. The number of nitrogens with zero attached hydrogens (tertiary/aromatic N) is 3. The van der Waals surface area contributed by atoms with E-state index in [-0.39, 0.29) is 23.8 Å². The number of thioether (sulfide) groups is 1. The lowest BCUT2D eigenvalue weighted by atomic mass is 9.64. The van der Waals surface area contributed by atoms with Gasteiger partial charge in [-0.3, -0.25) is 4.79 Å². The molecule has 2 saturated heterocycles. The molecule has 146 valence electrons. The van der Waals surface area contributed by atoms with Gasteiger partial charge in [0.05, 0.1) is 0 Å². The molecule has 7 heteroatoms. The molecule has 1 spiro atoms. The van der Waals surface area contributed by atoms with Crippen LogP contribution in [0.4, 0.5) is 0 Å². The van der Waals surface area contributed by atoms with Crippen molar-refractivity contribution in [2.24, 2.45) is 11.3 Å². The van der Waals surface area contributed by atoms with E-state index >= 15 is 0 Å². The largest absolute Gasteiger partial charge is 0.448 e. The predicted molar refractivity (Wildman–Crippen MR) is 103 cm³/mol. The molecule has 2 fully saturated rings. The number of aromatic nitrogens is 1. The molecule has 3 heterocycles. The van der Waals surface area contributed by atoms with Crippen molar-refractivity contribution in [1.82, 2.24) is 14.8 Å². The van der Waals surface area contributed by atoms with Crippen molar-refractivity contribution >= 4 is 17.7 Å². The Morgan fingerprint density at radius 1 is 1.38 bits per heavy atom. The van der Waals surface area contributed by atoms with Gasteiger partial charge in [-0.05, 0) is 69.7 Å². The van der Waals surface area contributed by atoms with E-state index in [1.807, 2.05) is 16.7 Å². The number of carbonyl (C=O) groups is 1. The second kappa shape index (κ2) is 8.76. The number of piperidine rings is 2. The van der Waals surface area contributed by atoms with Crippen LogP contribution in [-0.4, -0.2) is 77.1 Å². The summed E-state index contributed by atoms with van der Waals surface area (Å²) in [6, 6.07) is 0. The standard InChI is InChI=1S/C19H31N3O3S/c1-15-17(20-14-25-15)18(24)22-10-6-19(16(12-22)13-23)4-8-21(9-5-19)7-3-11-26-2/h14,16,23H,3-13H2,1-2H3/t16-/m0/s1. The first-order chi connectivity index (χ1) is 12.6. The van der Waals surface area contributed by atoms with Crippen LogP contribution in [-0.2, 0) is 0 Å². The molecule has 1 aromatic heterocycles. The van der Waals surface area contributed by atoms with E-state index < -0.39 is 0 Å². The SMILES string of the molecule is CSCCCN1CCC2(CC1)CCN(C(=O)c1ncoc1C)C[C@H]2CO. The van der Waals surface area contributed by atoms with Crippen LogP contribution < -0.4 is 0 Å². The molecule has 0 saturated carbocycles. The third-order valence-corrected chi connectivity index (χ3v) is 7.01. The van der Waals surface area contributed by atoms with Gasteiger partial charge in [-0.25, -0.2) is 4.98 Å². The number of rotatable bonds is 6. The summed E-state index contributed by atoms with van der Waals surface area (Å²) >= 11 is 1.91. The summed E-state index contributed by atoms with van der Waals surface area (Å²) in [6.07, 6.45) is 7.96. The van der Waals surface area contributed by atoms with Crippen LogP contribution in [0.2, 0.25) is 0 Å². The summed E-state index contributed by atoms with van der Waals surface area (Å²) in [6.45, 7) is 6.68. The van der Waals surface area contributed by atoms with E-state index in [9.17, 15) is 9.90 Å². The predicted octanol–water partition coefficient (Wildman–Crippen LogP) is 2.27. The van der Waals surface area contributed by atoms with Gasteiger partial charge in [0.1, 0.15) is 5.76 Å². The summed E-state index contributed by atoms with van der Waals surface area (Å²) < 4.78 is 5.18. The zero-order valence-electron chi connectivity index (χ0n) is 15.9. The second-order valence-corrected chi connectivity index (χ2v) is 8.67. The lowest BCUT2D eigenvalue weighted by Crippen LogP contribution is -2.54. The zero-order valence-corrected chi connectivity index (χ0v) is 16.8. The normalized spacial score (nSPS) is 23.5. The molecule has 0 aromatic carbocycles. The number of likely N-dealkylation sites (tertiary alicyclic amines) is 2. The molecule has 0 bridgehead atoms. The summed E-state index contributed by atoms with van der Waals surface area (Å²) in [4.78, 5) is 21.2. The number of aliphatic hydroxyl groups excluding tert-OH is 1. The van der Waals surface area contributed by atoms with Crippen molar-refractivity contribution in [3.8, 4) is 0 Å². The number of oxazole rings is 1. The zero-order chi connectivity index (χ0) is 18.6. The first-order valence-corrected chi connectivity index (χ1v) is 11.0. The van der Waals surface area contributed by atoms with Crippen molar-refractivity contribution in [2.45, 2.75) is 32.6 Å². The quantitative estimate of drug-likeness (QED) is 0.763. The van der Waals surface area contributed by atoms with Crippen molar-refractivity contribution < 1.29 is 14.3 Å². The maximum atomic E-state index is 12.7. The molecule has 1 aromatic rings. The van der Waals surface area contributed by atoms with E-state index in [4.69, 9.17) is 4.42 Å². The molecule has 6 nitrogen and oxygen atoms in total. The van der Waals surface area contributed by atoms with Crippen LogP contribution in [0.1, 0.15) is 41.9 Å². The van der Waals surface area contributed by atoms with Crippen LogP contribution in [0.3, 0.4) is 0 Å². The molecule has 1 N–H and O–H groups in total. The Kier molecular flexibility index (Phi) is 6.64. The van der Waals surface area contributed by atoms with Gasteiger partial charge in [-0.1, -0.05) is 0 Å². The highest BCUT2D eigenvalue weighted by Crippen LogP contribution is 2.45.